The van der Waals surface area contributed by atoms with E-state index in [0.29, 0.717) is 32.7 Å². The first-order valence-electron chi connectivity index (χ1n) is 9.14. The molecular formula is C20H27NO6. The van der Waals surface area contributed by atoms with Crippen LogP contribution in [0.3, 0.4) is 0 Å². The third-order valence-corrected chi connectivity index (χ3v) is 3.54. The quantitative estimate of drug-likeness (QED) is 0.169. The van der Waals surface area contributed by atoms with Gasteiger partial charge in [-0.3, -0.25) is 0 Å². The summed E-state index contributed by atoms with van der Waals surface area (Å²) >= 11 is 0. The molecular weight excluding hydrogens is 350 g/mol. The monoisotopic (exact) mass is 377 g/mol. The molecule has 0 aromatic heterocycles. The van der Waals surface area contributed by atoms with Crippen molar-refractivity contribution in [3.05, 3.63) is 23.8 Å². The van der Waals surface area contributed by atoms with E-state index in [0.717, 1.165) is 18.4 Å². The number of amides is 1. The molecule has 1 atom stereocenters. The number of nitrogens with zero attached hydrogens (tertiary/aromatic N) is 1. The Morgan fingerprint density at radius 2 is 2.07 bits per heavy atom. The highest BCUT2D eigenvalue weighted by atomic mass is 16.6. The average molecular weight is 377 g/mol. The first kappa shape index (κ1) is 22.3. The van der Waals surface area contributed by atoms with E-state index in [1.54, 1.807) is 24.8 Å². The molecule has 0 saturated carbocycles. The van der Waals surface area contributed by atoms with Gasteiger partial charge in [0.1, 0.15) is 0 Å². The second-order valence-electron chi connectivity index (χ2n) is 5.86. The molecule has 0 aromatic carbocycles. The second-order valence-corrected chi connectivity index (χ2v) is 5.86. The SMILES string of the molecule is CCCCOC(=O)C#C[C@@H](C)OC(=O)/C=C/C1=CCCN(C(=O)OCC)C1. The molecule has 1 aliphatic rings. The van der Waals surface area contributed by atoms with E-state index in [-0.39, 0.29) is 6.09 Å². The molecule has 0 aromatic rings. The van der Waals surface area contributed by atoms with Crippen LogP contribution < -0.4 is 0 Å². The maximum Gasteiger partial charge on any atom is 0.410 e. The van der Waals surface area contributed by atoms with Gasteiger partial charge in [0, 0.05) is 25.1 Å². The summed E-state index contributed by atoms with van der Waals surface area (Å²) in [5.74, 6) is 3.62. The summed E-state index contributed by atoms with van der Waals surface area (Å²) in [6.07, 6.45) is 6.13. The Balaban J connectivity index is 2.44. The van der Waals surface area contributed by atoms with Crippen molar-refractivity contribution >= 4 is 18.0 Å². The van der Waals surface area contributed by atoms with E-state index in [9.17, 15) is 14.4 Å². The fourth-order valence-electron chi connectivity index (χ4n) is 2.19. The van der Waals surface area contributed by atoms with Gasteiger partial charge < -0.3 is 19.1 Å². The van der Waals surface area contributed by atoms with Gasteiger partial charge in [-0.1, -0.05) is 25.5 Å². The molecule has 0 radical (unpaired) electrons. The Kier molecular flexibility index (Phi) is 10.4. The molecule has 1 heterocycles. The molecule has 0 spiro atoms. The number of rotatable bonds is 7. The highest BCUT2D eigenvalue weighted by Crippen LogP contribution is 2.12. The van der Waals surface area contributed by atoms with Crippen LogP contribution in [0.1, 0.15) is 40.0 Å². The summed E-state index contributed by atoms with van der Waals surface area (Å²) in [4.78, 5) is 36.5. The number of hydrogen-bond acceptors (Lipinski definition) is 6. The smallest absolute Gasteiger partial charge is 0.410 e. The van der Waals surface area contributed by atoms with Gasteiger partial charge in [0.25, 0.3) is 0 Å². The van der Waals surface area contributed by atoms with Crippen LogP contribution in [0.25, 0.3) is 0 Å². The van der Waals surface area contributed by atoms with Crippen LogP contribution in [-0.2, 0) is 23.8 Å². The number of carbonyl (C=O) groups is 3. The van der Waals surface area contributed by atoms with E-state index in [1.165, 1.54) is 6.08 Å². The Bertz CT molecular complexity index is 641. The summed E-state index contributed by atoms with van der Waals surface area (Å²) in [6, 6.07) is 0. The normalized spacial score (nSPS) is 14.6. The van der Waals surface area contributed by atoms with Crippen molar-refractivity contribution in [2.45, 2.75) is 46.1 Å². The molecule has 7 nitrogen and oxygen atoms in total. The van der Waals surface area contributed by atoms with E-state index >= 15 is 0 Å². The molecule has 1 rings (SSSR count). The molecule has 27 heavy (non-hydrogen) atoms. The van der Waals surface area contributed by atoms with Gasteiger partial charge in [-0.25, -0.2) is 14.4 Å². The summed E-state index contributed by atoms with van der Waals surface area (Å²) in [5.41, 5.74) is 0.824. The molecule has 1 aliphatic heterocycles. The van der Waals surface area contributed by atoms with Gasteiger partial charge in [0.15, 0.2) is 6.10 Å². The maximum atomic E-state index is 11.8. The van der Waals surface area contributed by atoms with Gasteiger partial charge in [-0.05, 0) is 38.2 Å². The first-order chi connectivity index (χ1) is 13.0. The van der Waals surface area contributed by atoms with E-state index in [1.807, 2.05) is 13.0 Å². The zero-order valence-electron chi connectivity index (χ0n) is 16.2. The number of hydrogen-bond donors (Lipinski definition) is 0. The minimum absolute atomic E-state index is 0.321. The van der Waals surface area contributed by atoms with Crippen LogP contribution in [0, 0.1) is 11.8 Å². The van der Waals surface area contributed by atoms with Gasteiger partial charge >= 0.3 is 18.0 Å². The fourth-order valence-corrected chi connectivity index (χ4v) is 2.19. The predicted octanol–water partition coefficient (Wildman–Crippen LogP) is 2.61. The number of unbranched alkanes of at least 4 members (excludes halogenated alkanes) is 1. The third kappa shape index (κ3) is 9.50. The summed E-state index contributed by atoms with van der Waals surface area (Å²) in [7, 11) is 0. The summed E-state index contributed by atoms with van der Waals surface area (Å²) in [6.45, 7) is 6.93. The van der Waals surface area contributed by atoms with Gasteiger partial charge in [-0.2, -0.15) is 0 Å². The minimum Gasteiger partial charge on any atom is -0.456 e. The van der Waals surface area contributed by atoms with Crippen molar-refractivity contribution in [3.8, 4) is 11.8 Å². The van der Waals surface area contributed by atoms with Crippen LogP contribution in [-0.4, -0.2) is 55.3 Å². The van der Waals surface area contributed by atoms with E-state index in [4.69, 9.17) is 14.2 Å². The standard InChI is InChI=1S/C20H27NO6/c1-4-6-14-26-18(22)11-9-16(3)27-19(23)12-10-17-8-7-13-21(15-17)20(24)25-5-2/h8,10,12,16H,4-7,13-15H2,1-3H3/b12-10+/t16-/m1/s1. The highest BCUT2D eigenvalue weighted by molar-refractivity contribution is 5.88. The average Bonchev–Trinajstić information content (AvgIpc) is 2.65. The highest BCUT2D eigenvalue weighted by Gasteiger charge is 2.18. The lowest BCUT2D eigenvalue weighted by Crippen LogP contribution is -2.36. The maximum absolute atomic E-state index is 11.8. The molecule has 0 bridgehead atoms. The topological polar surface area (TPSA) is 82.1 Å². The lowest BCUT2D eigenvalue weighted by atomic mass is 10.1. The van der Waals surface area contributed by atoms with Crippen molar-refractivity contribution in [3.63, 3.8) is 0 Å². The number of esters is 2. The van der Waals surface area contributed by atoms with Crippen molar-refractivity contribution in [1.82, 2.24) is 4.90 Å². The Morgan fingerprint density at radius 3 is 2.78 bits per heavy atom. The lowest BCUT2D eigenvalue weighted by Gasteiger charge is -2.25. The Hall–Kier alpha value is -2.75. The van der Waals surface area contributed by atoms with Crippen molar-refractivity contribution < 1.29 is 28.6 Å². The zero-order valence-corrected chi connectivity index (χ0v) is 16.2. The molecule has 0 N–H and O–H groups in total. The van der Waals surface area contributed by atoms with Gasteiger partial charge in [-0.15, -0.1) is 0 Å². The van der Waals surface area contributed by atoms with Crippen LogP contribution in [0.5, 0.6) is 0 Å². The van der Waals surface area contributed by atoms with E-state index in [2.05, 4.69) is 11.8 Å². The van der Waals surface area contributed by atoms with Crippen molar-refractivity contribution in [2.24, 2.45) is 0 Å². The van der Waals surface area contributed by atoms with Crippen LogP contribution in [0.4, 0.5) is 4.79 Å². The third-order valence-electron chi connectivity index (χ3n) is 3.54. The zero-order chi connectivity index (χ0) is 20.1. The predicted molar refractivity (Wildman–Crippen MR) is 99.6 cm³/mol. The van der Waals surface area contributed by atoms with Gasteiger partial charge in [0.05, 0.1) is 13.2 Å². The van der Waals surface area contributed by atoms with Crippen LogP contribution in [0.2, 0.25) is 0 Å². The molecule has 1 amide bonds. The van der Waals surface area contributed by atoms with Crippen LogP contribution >= 0.6 is 0 Å². The molecule has 0 saturated heterocycles. The molecule has 0 aliphatic carbocycles. The number of carbonyl (C=O) groups excluding carboxylic acids is 3. The molecule has 0 unspecified atom stereocenters. The lowest BCUT2D eigenvalue weighted by molar-refractivity contribution is -0.140. The summed E-state index contributed by atoms with van der Waals surface area (Å²) in [5, 5.41) is 0. The Morgan fingerprint density at radius 1 is 1.30 bits per heavy atom. The fraction of sp³-hybridized carbons (Fsp3) is 0.550. The number of ether oxygens (including phenoxy) is 3. The molecule has 148 valence electrons. The molecule has 0 fully saturated rings. The second kappa shape index (κ2) is 12.6. The van der Waals surface area contributed by atoms with Crippen molar-refractivity contribution in [2.75, 3.05) is 26.3 Å². The first-order valence-corrected chi connectivity index (χ1v) is 9.14. The van der Waals surface area contributed by atoms with E-state index < -0.39 is 18.0 Å². The van der Waals surface area contributed by atoms with Gasteiger partial charge in [0.2, 0.25) is 0 Å². The largest absolute Gasteiger partial charge is 0.456 e. The molecule has 7 heteroatoms. The Labute approximate surface area is 160 Å². The van der Waals surface area contributed by atoms with Crippen LogP contribution in [0.15, 0.2) is 23.8 Å². The van der Waals surface area contributed by atoms with Crippen molar-refractivity contribution in [1.29, 1.82) is 0 Å². The minimum atomic E-state index is -0.739. The summed E-state index contributed by atoms with van der Waals surface area (Å²) < 4.78 is 15.0.